The van der Waals surface area contributed by atoms with E-state index in [1.165, 1.54) is 12.1 Å². The molecule has 6 heteroatoms. The Hall–Kier alpha value is -1.95. The molecule has 1 aliphatic heterocycles. The van der Waals surface area contributed by atoms with Crippen LogP contribution in [-0.4, -0.2) is 34.9 Å². The van der Waals surface area contributed by atoms with E-state index < -0.39 is 4.92 Å². The molecule has 1 N–H and O–H groups in total. The van der Waals surface area contributed by atoms with E-state index in [2.05, 4.69) is 24.1 Å². The minimum absolute atomic E-state index is 0.0125. The number of benzene rings is 1. The van der Waals surface area contributed by atoms with E-state index in [0.717, 1.165) is 24.9 Å². The van der Waals surface area contributed by atoms with Gasteiger partial charge in [0.2, 0.25) is 5.91 Å². The zero-order chi connectivity index (χ0) is 16.3. The maximum Gasteiger partial charge on any atom is 0.271 e. The van der Waals surface area contributed by atoms with Gasteiger partial charge in [-0.1, -0.05) is 19.4 Å². The molecular formula is C16H23N3O3. The molecule has 1 fully saturated rings. The van der Waals surface area contributed by atoms with Crippen molar-refractivity contribution < 1.29 is 9.72 Å². The van der Waals surface area contributed by atoms with Gasteiger partial charge in [0.1, 0.15) is 0 Å². The molecule has 2 atom stereocenters. The van der Waals surface area contributed by atoms with Gasteiger partial charge in [0.05, 0.1) is 17.2 Å². The Balaban J connectivity index is 2.01. The van der Waals surface area contributed by atoms with E-state index in [1.807, 2.05) is 6.92 Å². The maximum absolute atomic E-state index is 12.2. The van der Waals surface area contributed by atoms with Gasteiger partial charge in [0.15, 0.2) is 0 Å². The molecule has 0 aliphatic carbocycles. The summed E-state index contributed by atoms with van der Waals surface area (Å²) < 4.78 is 0. The maximum atomic E-state index is 12.2. The van der Waals surface area contributed by atoms with Crippen LogP contribution in [0.15, 0.2) is 18.2 Å². The second kappa shape index (κ2) is 6.87. The zero-order valence-electron chi connectivity index (χ0n) is 13.3. The third-order valence-corrected chi connectivity index (χ3v) is 4.62. The zero-order valence-corrected chi connectivity index (χ0v) is 13.3. The minimum Gasteiger partial charge on any atom is -0.324 e. The third-order valence-electron chi connectivity index (χ3n) is 4.62. The first-order chi connectivity index (χ1) is 10.4. The smallest absolute Gasteiger partial charge is 0.271 e. The summed E-state index contributed by atoms with van der Waals surface area (Å²) in [5, 5.41) is 13.6. The van der Waals surface area contributed by atoms with Crippen molar-refractivity contribution in [3.05, 3.63) is 33.9 Å². The number of anilines is 1. The van der Waals surface area contributed by atoms with Crippen molar-refractivity contribution in [1.82, 2.24) is 4.90 Å². The summed E-state index contributed by atoms with van der Waals surface area (Å²) in [6.07, 6.45) is 2.25. The van der Waals surface area contributed by atoms with Gasteiger partial charge in [-0.25, -0.2) is 0 Å². The Bertz CT molecular complexity index is 574. The van der Waals surface area contributed by atoms with Gasteiger partial charge in [-0.15, -0.1) is 0 Å². The quantitative estimate of drug-likeness (QED) is 0.670. The van der Waals surface area contributed by atoms with E-state index in [9.17, 15) is 14.9 Å². The SMILES string of the molecule is CCC1CCN(CC(=O)Nc2cc([N+](=O)[O-])ccc2C)C1C. The van der Waals surface area contributed by atoms with Crippen LogP contribution >= 0.6 is 0 Å². The lowest BCUT2D eigenvalue weighted by atomic mass is 9.99. The van der Waals surface area contributed by atoms with Gasteiger partial charge in [0, 0.05) is 18.2 Å². The number of nitro benzene ring substituents is 1. The van der Waals surface area contributed by atoms with E-state index in [1.54, 1.807) is 6.07 Å². The Labute approximate surface area is 130 Å². The van der Waals surface area contributed by atoms with Crippen molar-refractivity contribution in [3.8, 4) is 0 Å². The topological polar surface area (TPSA) is 75.5 Å². The van der Waals surface area contributed by atoms with Gasteiger partial charge in [0.25, 0.3) is 5.69 Å². The molecule has 0 saturated carbocycles. The molecule has 1 aromatic rings. The molecule has 0 radical (unpaired) electrons. The van der Waals surface area contributed by atoms with Crippen molar-refractivity contribution in [2.75, 3.05) is 18.4 Å². The van der Waals surface area contributed by atoms with E-state index in [-0.39, 0.29) is 11.6 Å². The van der Waals surface area contributed by atoms with Gasteiger partial charge in [-0.05, 0) is 38.3 Å². The molecule has 1 amide bonds. The number of non-ortho nitro benzene ring substituents is 1. The standard InChI is InChI=1S/C16H23N3O3/c1-4-13-7-8-18(12(13)3)10-16(20)17-15-9-14(19(21)22)6-5-11(15)2/h5-6,9,12-13H,4,7-8,10H2,1-3H3,(H,17,20). The number of likely N-dealkylation sites (tertiary alicyclic amines) is 1. The van der Waals surface area contributed by atoms with E-state index >= 15 is 0 Å². The second-order valence-electron chi connectivity index (χ2n) is 5.97. The normalized spacial score (nSPS) is 21.8. The molecule has 1 heterocycles. The van der Waals surface area contributed by atoms with Gasteiger partial charge in [-0.3, -0.25) is 19.8 Å². The largest absolute Gasteiger partial charge is 0.324 e. The molecule has 0 bridgehead atoms. The van der Waals surface area contributed by atoms with Crippen LogP contribution < -0.4 is 5.32 Å². The predicted molar refractivity (Wildman–Crippen MR) is 85.9 cm³/mol. The fraction of sp³-hybridized carbons (Fsp3) is 0.562. The number of carbonyl (C=O) groups excluding carboxylic acids is 1. The van der Waals surface area contributed by atoms with Crippen LogP contribution in [0.25, 0.3) is 0 Å². The van der Waals surface area contributed by atoms with E-state index in [0.29, 0.717) is 24.2 Å². The predicted octanol–water partition coefficient (Wildman–Crippen LogP) is 2.96. The number of hydrogen-bond acceptors (Lipinski definition) is 4. The highest BCUT2D eigenvalue weighted by molar-refractivity contribution is 5.93. The first kappa shape index (κ1) is 16.4. The molecule has 1 aromatic carbocycles. The number of aryl methyl sites for hydroxylation is 1. The number of amides is 1. The first-order valence-electron chi connectivity index (χ1n) is 7.71. The van der Waals surface area contributed by atoms with Crippen LogP contribution in [0.2, 0.25) is 0 Å². The number of nitro groups is 1. The molecular weight excluding hydrogens is 282 g/mol. The molecule has 22 heavy (non-hydrogen) atoms. The van der Waals surface area contributed by atoms with Gasteiger partial charge >= 0.3 is 0 Å². The number of nitrogens with one attached hydrogen (secondary N) is 1. The van der Waals surface area contributed by atoms with Crippen LogP contribution in [0.5, 0.6) is 0 Å². The van der Waals surface area contributed by atoms with Crippen LogP contribution in [0, 0.1) is 23.0 Å². The van der Waals surface area contributed by atoms with Crippen molar-refractivity contribution in [1.29, 1.82) is 0 Å². The number of carbonyl (C=O) groups is 1. The summed E-state index contributed by atoms with van der Waals surface area (Å²) in [7, 11) is 0. The first-order valence-corrected chi connectivity index (χ1v) is 7.71. The molecule has 1 aliphatic rings. The summed E-state index contributed by atoms with van der Waals surface area (Å²) in [5.74, 6) is 0.527. The molecule has 2 unspecified atom stereocenters. The highest BCUT2D eigenvalue weighted by atomic mass is 16.6. The molecule has 0 spiro atoms. The number of rotatable bonds is 5. The minimum atomic E-state index is -0.455. The van der Waals surface area contributed by atoms with Gasteiger partial charge < -0.3 is 5.32 Å². The fourth-order valence-corrected chi connectivity index (χ4v) is 3.08. The summed E-state index contributed by atoms with van der Waals surface area (Å²) >= 11 is 0. The molecule has 120 valence electrons. The van der Waals surface area contributed by atoms with E-state index in [4.69, 9.17) is 0 Å². The lowest BCUT2D eigenvalue weighted by Crippen LogP contribution is -2.37. The Morgan fingerprint density at radius 1 is 1.50 bits per heavy atom. The monoisotopic (exact) mass is 305 g/mol. The molecule has 2 rings (SSSR count). The van der Waals surface area contributed by atoms with Crippen molar-refractivity contribution in [3.63, 3.8) is 0 Å². The Kier molecular flexibility index (Phi) is 5.13. The summed E-state index contributed by atoms with van der Waals surface area (Å²) in [6.45, 7) is 7.43. The van der Waals surface area contributed by atoms with Crippen LogP contribution in [-0.2, 0) is 4.79 Å². The Morgan fingerprint density at radius 3 is 2.82 bits per heavy atom. The van der Waals surface area contributed by atoms with Crippen LogP contribution in [0.4, 0.5) is 11.4 Å². The summed E-state index contributed by atoms with van der Waals surface area (Å²) in [5.41, 5.74) is 1.32. The highest BCUT2D eigenvalue weighted by Crippen LogP contribution is 2.26. The summed E-state index contributed by atoms with van der Waals surface area (Å²) in [6, 6.07) is 4.91. The lowest BCUT2D eigenvalue weighted by molar-refractivity contribution is -0.384. The van der Waals surface area contributed by atoms with Crippen molar-refractivity contribution >= 4 is 17.3 Å². The number of hydrogen-bond donors (Lipinski definition) is 1. The lowest BCUT2D eigenvalue weighted by Gasteiger charge is -2.23. The molecule has 0 aromatic heterocycles. The molecule has 6 nitrogen and oxygen atoms in total. The van der Waals surface area contributed by atoms with Crippen molar-refractivity contribution in [2.24, 2.45) is 5.92 Å². The second-order valence-corrected chi connectivity index (χ2v) is 5.97. The van der Waals surface area contributed by atoms with Crippen molar-refractivity contribution in [2.45, 2.75) is 39.7 Å². The highest BCUT2D eigenvalue weighted by Gasteiger charge is 2.30. The third kappa shape index (κ3) is 3.62. The Morgan fingerprint density at radius 2 is 2.23 bits per heavy atom. The molecule has 1 saturated heterocycles. The average Bonchev–Trinajstić information content (AvgIpc) is 2.81. The van der Waals surface area contributed by atoms with Crippen LogP contribution in [0.1, 0.15) is 32.3 Å². The summed E-state index contributed by atoms with van der Waals surface area (Å²) in [4.78, 5) is 24.8. The van der Waals surface area contributed by atoms with Crippen LogP contribution in [0.3, 0.4) is 0 Å². The average molecular weight is 305 g/mol. The number of nitrogens with zero attached hydrogens (tertiary/aromatic N) is 2. The fourth-order valence-electron chi connectivity index (χ4n) is 3.08. The van der Waals surface area contributed by atoms with Gasteiger partial charge in [-0.2, -0.15) is 0 Å².